The second-order valence-corrected chi connectivity index (χ2v) is 6.77. The third-order valence-corrected chi connectivity index (χ3v) is 4.59. The van der Waals surface area contributed by atoms with Gasteiger partial charge in [0, 0.05) is 33.5 Å². The molecule has 8 nitrogen and oxygen atoms in total. The van der Waals surface area contributed by atoms with Gasteiger partial charge in [-0.15, -0.1) is 5.10 Å². The van der Waals surface area contributed by atoms with Crippen molar-refractivity contribution in [3.63, 3.8) is 0 Å². The minimum absolute atomic E-state index is 0.128. The van der Waals surface area contributed by atoms with E-state index >= 15 is 0 Å². The van der Waals surface area contributed by atoms with Crippen LogP contribution in [0.2, 0.25) is 0 Å². The van der Waals surface area contributed by atoms with Crippen molar-refractivity contribution in [2.75, 3.05) is 0 Å². The number of Topliss-reactive ketones (excluding diaryl/α,β-unsaturated/α-hetero) is 1. The minimum atomic E-state index is -0.979. The molecule has 0 bridgehead atoms. The smallest absolute Gasteiger partial charge is 0.379 e. The Kier molecular flexibility index (Phi) is 4.18. The fourth-order valence-corrected chi connectivity index (χ4v) is 3.32. The third-order valence-electron chi connectivity index (χ3n) is 4.59. The molecule has 0 amide bonds. The summed E-state index contributed by atoms with van der Waals surface area (Å²) in [7, 11) is 0. The number of para-hydroxylation sites is 1. The number of ether oxygens (including phenoxy) is 1. The van der Waals surface area contributed by atoms with Crippen LogP contribution in [0, 0.1) is 20.8 Å². The summed E-state index contributed by atoms with van der Waals surface area (Å²) < 4.78 is 6.83. The molecule has 1 aromatic carbocycles. The molecule has 0 aliphatic heterocycles. The predicted molar refractivity (Wildman–Crippen MR) is 102 cm³/mol. The molecule has 0 saturated heterocycles. The Labute approximate surface area is 160 Å². The fraction of sp³-hybridized carbons (Fsp3) is 0.250. The molecular weight excluding hydrogens is 358 g/mol. The molecule has 1 N–H and O–H groups in total. The van der Waals surface area contributed by atoms with E-state index in [1.54, 1.807) is 6.92 Å². The van der Waals surface area contributed by atoms with Crippen LogP contribution in [-0.4, -0.2) is 42.4 Å². The first-order valence-corrected chi connectivity index (χ1v) is 8.88. The molecule has 0 radical (unpaired) electrons. The standard InChI is InChI=1S/C20H19N5O3/c1-10-9-11(2)25-20(21-10)23-18(24-25)19(27)28-13(4)17(26)16-12(3)22-15-8-6-5-7-14(15)16/h5-9,13,22H,1-4H3/t13-/m1/s1. The molecule has 3 heterocycles. The Bertz CT molecular complexity index is 1240. The topological polar surface area (TPSA) is 102 Å². The van der Waals surface area contributed by atoms with E-state index in [4.69, 9.17) is 4.74 Å². The van der Waals surface area contributed by atoms with Crippen LogP contribution in [0.15, 0.2) is 30.3 Å². The number of nitrogens with one attached hydrogen (secondary N) is 1. The summed E-state index contributed by atoms with van der Waals surface area (Å²) in [5.74, 6) is -0.856. The van der Waals surface area contributed by atoms with E-state index in [0.717, 1.165) is 28.0 Å². The Morgan fingerprint density at radius 3 is 2.68 bits per heavy atom. The van der Waals surface area contributed by atoms with Crippen molar-refractivity contribution in [3.8, 4) is 0 Å². The summed E-state index contributed by atoms with van der Waals surface area (Å²) in [5, 5.41) is 4.95. The number of carbonyl (C=O) groups is 2. The van der Waals surface area contributed by atoms with Gasteiger partial charge >= 0.3 is 5.97 Å². The number of hydrogen-bond donors (Lipinski definition) is 1. The van der Waals surface area contributed by atoms with E-state index in [1.165, 1.54) is 4.52 Å². The first kappa shape index (κ1) is 17.8. The van der Waals surface area contributed by atoms with Gasteiger partial charge in [0.15, 0.2) is 6.10 Å². The molecule has 0 unspecified atom stereocenters. The lowest BCUT2D eigenvalue weighted by atomic mass is 10.0. The van der Waals surface area contributed by atoms with Gasteiger partial charge in [-0.3, -0.25) is 4.79 Å². The number of rotatable bonds is 4. The monoisotopic (exact) mass is 377 g/mol. The second kappa shape index (κ2) is 6.56. The molecule has 0 fully saturated rings. The lowest BCUT2D eigenvalue weighted by molar-refractivity contribution is 0.0307. The van der Waals surface area contributed by atoms with Gasteiger partial charge in [0.1, 0.15) is 0 Å². The highest BCUT2D eigenvalue weighted by molar-refractivity contribution is 6.11. The van der Waals surface area contributed by atoms with Crippen molar-refractivity contribution < 1.29 is 14.3 Å². The maximum atomic E-state index is 12.9. The molecule has 0 saturated carbocycles. The van der Waals surface area contributed by atoms with Crippen molar-refractivity contribution in [3.05, 3.63) is 58.8 Å². The van der Waals surface area contributed by atoms with Gasteiger partial charge in [-0.2, -0.15) is 4.98 Å². The van der Waals surface area contributed by atoms with E-state index in [-0.39, 0.29) is 11.6 Å². The van der Waals surface area contributed by atoms with Gasteiger partial charge in [-0.05, 0) is 39.8 Å². The van der Waals surface area contributed by atoms with E-state index in [9.17, 15) is 9.59 Å². The number of aromatic nitrogens is 5. The molecular formula is C20H19N5O3. The van der Waals surface area contributed by atoms with Crippen molar-refractivity contribution in [1.82, 2.24) is 24.6 Å². The molecule has 8 heteroatoms. The zero-order chi connectivity index (χ0) is 20.0. The average molecular weight is 377 g/mol. The first-order valence-electron chi connectivity index (χ1n) is 8.88. The zero-order valence-corrected chi connectivity index (χ0v) is 16.0. The summed E-state index contributed by atoms with van der Waals surface area (Å²) in [6.45, 7) is 7.05. The van der Waals surface area contributed by atoms with Crippen LogP contribution < -0.4 is 0 Å². The molecule has 142 valence electrons. The van der Waals surface area contributed by atoms with Crippen LogP contribution in [-0.2, 0) is 4.74 Å². The number of aromatic amines is 1. The molecule has 0 aliphatic carbocycles. The number of nitrogens with zero attached hydrogens (tertiary/aromatic N) is 4. The van der Waals surface area contributed by atoms with Gasteiger partial charge < -0.3 is 9.72 Å². The number of aryl methyl sites for hydroxylation is 3. The Hall–Kier alpha value is -3.55. The summed E-state index contributed by atoms with van der Waals surface area (Å²) in [5.41, 5.74) is 3.69. The average Bonchev–Trinajstić information content (AvgIpc) is 3.21. The Morgan fingerprint density at radius 1 is 1.14 bits per heavy atom. The van der Waals surface area contributed by atoms with Crippen LogP contribution in [0.1, 0.15) is 45.0 Å². The lowest BCUT2D eigenvalue weighted by Crippen LogP contribution is -2.25. The largest absolute Gasteiger partial charge is 0.448 e. The molecule has 1 atom stereocenters. The van der Waals surface area contributed by atoms with Crippen LogP contribution >= 0.6 is 0 Å². The van der Waals surface area contributed by atoms with Gasteiger partial charge in [-0.1, -0.05) is 18.2 Å². The van der Waals surface area contributed by atoms with E-state index < -0.39 is 12.1 Å². The second-order valence-electron chi connectivity index (χ2n) is 6.77. The first-order chi connectivity index (χ1) is 13.3. The summed E-state index contributed by atoms with van der Waals surface area (Å²) >= 11 is 0. The fourth-order valence-electron chi connectivity index (χ4n) is 3.32. The number of carbonyl (C=O) groups excluding carboxylic acids is 2. The van der Waals surface area contributed by atoms with Crippen molar-refractivity contribution in [2.45, 2.75) is 33.8 Å². The van der Waals surface area contributed by atoms with E-state index in [1.807, 2.05) is 51.1 Å². The van der Waals surface area contributed by atoms with E-state index in [2.05, 4.69) is 20.1 Å². The number of esters is 1. The Morgan fingerprint density at radius 2 is 1.89 bits per heavy atom. The molecule has 0 spiro atoms. The quantitative estimate of drug-likeness (QED) is 0.433. The van der Waals surface area contributed by atoms with Crippen molar-refractivity contribution >= 4 is 28.4 Å². The maximum Gasteiger partial charge on any atom is 0.379 e. The van der Waals surface area contributed by atoms with Gasteiger partial charge in [0.25, 0.3) is 11.6 Å². The molecule has 0 aliphatic rings. The van der Waals surface area contributed by atoms with Gasteiger partial charge in [0.05, 0.1) is 0 Å². The molecule has 3 aromatic heterocycles. The maximum absolute atomic E-state index is 12.9. The van der Waals surface area contributed by atoms with Gasteiger partial charge in [0.2, 0.25) is 5.78 Å². The predicted octanol–water partition coefficient (Wildman–Crippen LogP) is 2.96. The van der Waals surface area contributed by atoms with Crippen LogP contribution in [0.25, 0.3) is 16.7 Å². The van der Waals surface area contributed by atoms with Crippen LogP contribution in [0.5, 0.6) is 0 Å². The van der Waals surface area contributed by atoms with E-state index in [0.29, 0.717) is 11.3 Å². The SMILES string of the molecule is Cc1cc(C)n2nc(C(=O)O[C@H](C)C(=O)c3c(C)[nH]c4ccccc34)nc2n1. The van der Waals surface area contributed by atoms with Gasteiger partial charge in [-0.25, -0.2) is 14.3 Å². The molecule has 4 rings (SSSR count). The summed E-state index contributed by atoms with van der Waals surface area (Å²) in [6, 6.07) is 9.35. The lowest BCUT2D eigenvalue weighted by Gasteiger charge is -2.11. The summed E-state index contributed by atoms with van der Waals surface area (Å²) in [6.07, 6.45) is -0.979. The number of fused-ring (bicyclic) bond motifs is 2. The number of H-pyrrole nitrogens is 1. The highest BCUT2D eigenvalue weighted by atomic mass is 16.5. The van der Waals surface area contributed by atoms with Crippen LogP contribution in [0.3, 0.4) is 0 Å². The summed E-state index contributed by atoms with van der Waals surface area (Å²) in [4.78, 5) is 37.0. The van der Waals surface area contributed by atoms with Crippen molar-refractivity contribution in [1.29, 1.82) is 0 Å². The number of ketones is 1. The highest BCUT2D eigenvalue weighted by Crippen LogP contribution is 2.24. The number of hydrogen-bond acceptors (Lipinski definition) is 6. The molecule has 4 aromatic rings. The van der Waals surface area contributed by atoms with Crippen LogP contribution in [0.4, 0.5) is 0 Å². The molecule has 28 heavy (non-hydrogen) atoms. The third kappa shape index (κ3) is 2.92. The normalized spacial score (nSPS) is 12.4. The highest BCUT2D eigenvalue weighted by Gasteiger charge is 2.26. The van der Waals surface area contributed by atoms with Crippen molar-refractivity contribution in [2.24, 2.45) is 0 Å². The Balaban J connectivity index is 1.60. The minimum Gasteiger partial charge on any atom is -0.448 e. The zero-order valence-electron chi connectivity index (χ0n) is 16.0. The number of benzene rings is 1.